The Morgan fingerprint density at radius 2 is 2.00 bits per heavy atom. The van der Waals surface area contributed by atoms with Crippen LogP contribution in [0.15, 0.2) is 30.7 Å². The van der Waals surface area contributed by atoms with Gasteiger partial charge in [-0.15, -0.1) is 0 Å². The van der Waals surface area contributed by atoms with Gasteiger partial charge in [-0.3, -0.25) is 9.48 Å². The van der Waals surface area contributed by atoms with Gasteiger partial charge in [-0.05, 0) is 37.8 Å². The van der Waals surface area contributed by atoms with Gasteiger partial charge in [-0.25, -0.2) is 4.98 Å². The van der Waals surface area contributed by atoms with Crippen LogP contribution in [0, 0.1) is 5.92 Å². The van der Waals surface area contributed by atoms with Crippen LogP contribution in [-0.4, -0.2) is 58.4 Å². The number of nitrogens with zero attached hydrogens (tertiary/aromatic N) is 5. The number of ether oxygens (including phenoxy) is 1. The minimum absolute atomic E-state index is 0.0909. The number of piperidine rings is 1. The summed E-state index contributed by atoms with van der Waals surface area (Å²) >= 11 is 0. The molecule has 1 unspecified atom stereocenters. The van der Waals surface area contributed by atoms with Crippen LogP contribution in [0.3, 0.4) is 0 Å². The summed E-state index contributed by atoms with van der Waals surface area (Å²) in [5.74, 6) is 1.68. The molecule has 0 saturated carbocycles. The predicted octanol–water partition coefficient (Wildman–Crippen LogP) is 2.44. The normalized spacial score (nSPS) is 23.8. The monoisotopic (exact) mass is 383 g/mol. The largest absolute Gasteiger partial charge is 0.367 e. The molecule has 0 N–H and O–H groups in total. The van der Waals surface area contributed by atoms with E-state index in [2.05, 4.69) is 28.8 Å². The number of pyridine rings is 1. The van der Waals surface area contributed by atoms with E-state index in [9.17, 15) is 4.79 Å². The van der Waals surface area contributed by atoms with Crippen molar-refractivity contribution in [2.24, 2.45) is 13.0 Å². The van der Waals surface area contributed by atoms with Gasteiger partial charge in [0.15, 0.2) is 0 Å². The lowest BCUT2D eigenvalue weighted by Crippen LogP contribution is -2.48. The second-order valence-corrected chi connectivity index (χ2v) is 8.28. The van der Waals surface area contributed by atoms with Crippen LogP contribution in [0.2, 0.25) is 0 Å². The van der Waals surface area contributed by atoms with Gasteiger partial charge in [0.25, 0.3) is 5.91 Å². The maximum absolute atomic E-state index is 12.7. The molecule has 4 rings (SSSR count). The molecule has 2 aliphatic heterocycles. The van der Waals surface area contributed by atoms with Gasteiger partial charge in [0.1, 0.15) is 11.4 Å². The molecular weight excluding hydrogens is 354 g/mol. The molecule has 2 aliphatic rings. The fourth-order valence-corrected chi connectivity index (χ4v) is 4.03. The molecule has 1 atom stereocenters. The van der Waals surface area contributed by atoms with Crippen molar-refractivity contribution < 1.29 is 9.53 Å². The van der Waals surface area contributed by atoms with E-state index in [1.54, 1.807) is 10.9 Å². The highest BCUT2D eigenvalue weighted by Crippen LogP contribution is 2.31. The first-order valence-electron chi connectivity index (χ1n) is 10.1. The Kier molecular flexibility index (Phi) is 5.10. The molecule has 7 heteroatoms. The van der Waals surface area contributed by atoms with Crippen molar-refractivity contribution in [1.82, 2.24) is 19.7 Å². The molecule has 1 amide bonds. The summed E-state index contributed by atoms with van der Waals surface area (Å²) in [5, 5.41) is 4.28. The van der Waals surface area contributed by atoms with E-state index in [4.69, 9.17) is 4.74 Å². The van der Waals surface area contributed by atoms with Crippen LogP contribution in [0.4, 0.5) is 5.82 Å². The maximum Gasteiger partial charge on any atom is 0.255 e. The number of morpholine rings is 1. The number of carbonyl (C=O) groups excluding carboxylic acids is 1. The number of likely N-dealkylation sites (tertiary alicyclic amines) is 1. The molecule has 0 radical (unpaired) electrons. The summed E-state index contributed by atoms with van der Waals surface area (Å²) in [5.41, 5.74) is 1.31. The first-order chi connectivity index (χ1) is 13.4. The molecule has 7 nitrogen and oxygen atoms in total. The van der Waals surface area contributed by atoms with Crippen molar-refractivity contribution in [1.29, 1.82) is 0 Å². The zero-order valence-electron chi connectivity index (χ0n) is 17.0. The lowest BCUT2D eigenvalue weighted by molar-refractivity contribution is -0.0468. The Bertz CT molecular complexity index is 826. The van der Waals surface area contributed by atoms with Gasteiger partial charge in [-0.2, -0.15) is 5.10 Å². The minimum Gasteiger partial charge on any atom is -0.367 e. The highest BCUT2D eigenvalue weighted by atomic mass is 16.5. The van der Waals surface area contributed by atoms with E-state index in [0.717, 1.165) is 43.9 Å². The zero-order valence-corrected chi connectivity index (χ0v) is 17.0. The molecule has 2 saturated heterocycles. The highest BCUT2D eigenvalue weighted by molar-refractivity contribution is 5.94. The predicted molar refractivity (Wildman–Crippen MR) is 107 cm³/mol. The molecule has 150 valence electrons. The molecule has 2 fully saturated rings. The van der Waals surface area contributed by atoms with Crippen LogP contribution in [0.1, 0.15) is 42.6 Å². The Morgan fingerprint density at radius 3 is 2.64 bits per heavy atom. The van der Waals surface area contributed by atoms with Gasteiger partial charge in [-0.1, -0.05) is 6.92 Å². The third-order valence-electron chi connectivity index (χ3n) is 5.98. The summed E-state index contributed by atoms with van der Waals surface area (Å²) in [6.45, 7) is 8.12. The fourth-order valence-electron chi connectivity index (χ4n) is 4.03. The number of aromatic nitrogens is 3. The second-order valence-electron chi connectivity index (χ2n) is 8.28. The van der Waals surface area contributed by atoms with Crippen molar-refractivity contribution in [3.63, 3.8) is 0 Å². The van der Waals surface area contributed by atoms with Gasteiger partial charge >= 0.3 is 0 Å². The first-order valence-corrected chi connectivity index (χ1v) is 10.1. The third kappa shape index (κ3) is 3.76. The molecule has 0 aromatic carbocycles. The van der Waals surface area contributed by atoms with E-state index in [0.29, 0.717) is 24.6 Å². The summed E-state index contributed by atoms with van der Waals surface area (Å²) in [6, 6.07) is 3.86. The number of amides is 1. The number of hydrogen-bond acceptors (Lipinski definition) is 5. The summed E-state index contributed by atoms with van der Waals surface area (Å²) < 4.78 is 7.88. The Balaban J connectivity index is 1.45. The minimum atomic E-state index is -0.423. The number of anilines is 1. The Labute approximate surface area is 166 Å². The fraction of sp³-hybridized carbons (Fsp3) is 0.571. The molecule has 2 aromatic rings. The van der Waals surface area contributed by atoms with E-state index in [1.807, 2.05) is 36.5 Å². The molecule has 28 heavy (non-hydrogen) atoms. The van der Waals surface area contributed by atoms with Crippen LogP contribution in [0.5, 0.6) is 0 Å². The standard InChI is InChI=1S/C21H29N5O2/c1-16-6-8-25(9-7-16)20(27)17-4-5-19(22-12-17)26-10-11-28-21(2,15-26)18-13-23-24(3)14-18/h4-5,12-14,16H,6-11,15H2,1-3H3. The number of aryl methyl sites for hydroxylation is 1. The van der Waals surface area contributed by atoms with Gasteiger partial charge < -0.3 is 14.5 Å². The first kappa shape index (κ1) is 18.9. The van der Waals surface area contributed by atoms with Crippen molar-refractivity contribution in [3.05, 3.63) is 41.9 Å². The number of rotatable bonds is 3. The summed E-state index contributed by atoms with van der Waals surface area (Å²) in [7, 11) is 1.91. The topological polar surface area (TPSA) is 63.5 Å². The van der Waals surface area contributed by atoms with Crippen LogP contribution < -0.4 is 4.90 Å². The van der Waals surface area contributed by atoms with Gasteiger partial charge in [0, 0.05) is 44.6 Å². The van der Waals surface area contributed by atoms with Crippen LogP contribution >= 0.6 is 0 Å². The molecule has 0 aliphatic carbocycles. The van der Waals surface area contributed by atoms with Crippen molar-refractivity contribution in [2.75, 3.05) is 37.7 Å². The number of hydrogen-bond donors (Lipinski definition) is 0. The van der Waals surface area contributed by atoms with E-state index in [-0.39, 0.29) is 5.91 Å². The van der Waals surface area contributed by atoms with Crippen LogP contribution in [0.25, 0.3) is 0 Å². The molecular formula is C21H29N5O2. The Morgan fingerprint density at radius 1 is 1.21 bits per heavy atom. The summed E-state index contributed by atoms with van der Waals surface area (Å²) in [6.07, 6.45) is 7.73. The highest BCUT2D eigenvalue weighted by Gasteiger charge is 2.35. The van der Waals surface area contributed by atoms with Crippen molar-refractivity contribution in [2.45, 2.75) is 32.3 Å². The van der Waals surface area contributed by atoms with E-state index >= 15 is 0 Å². The number of carbonyl (C=O) groups is 1. The maximum atomic E-state index is 12.7. The lowest BCUT2D eigenvalue weighted by atomic mass is 9.97. The van der Waals surface area contributed by atoms with E-state index < -0.39 is 5.60 Å². The van der Waals surface area contributed by atoms with Crippen molar-refractivity contribution in [3.8, 4) is 0 Å². The Hall–Kier alpha value is -2.41. The average Bonchev–Trinajstić information content (AvgIpc) is 3.16. The van der Waals surface area contributed by atoms with Crippen molar-refractivity contribution >= 4 is 11.7 Å². The summed E-state index contributed by atoms with van der Waals surface area (Å²) in [4.78, 5) is 21.5. The smallest absolute Gasteiger partial charge is 0.255 e. The average molecular weight is 383 g/mol. The molecule has 0 bridgehead atoms. The molecule has 4 heterocycles. The van der Waals surface area contributed by atoms with Crippen LogP contribution in [-0.2, 0) is 17.4 Å². The third-order valence-corrected chi connectivity index (χ3v) is 5.98. The second kappa shape index (κ2) is 7.54. The SMILES string of the molecule is CC1CCN(C(=O)c2ccc(N3CCOC(C)(c4cnn(C)c4)C3)nc2)CC1. The van der Waals surface area contributed by atoms with Gasteiger partial charge in [0.05, 0.1) is 24.9 Å². The lowest BCUT2D eigenvalue weighted by Gasteiger charge is -2.40. The quantitative estimate of drug-likeness (QED) is 0.815. The molecule has 0 spiro atoms. The van der Waals surface area contributed by atoms with E-state index in [1.165, 1.54) is 0 Å². The zero-order chi connectivity index (χ0) is 19.7. The van der Waals surface area contributed by atoms with Gasteiger partial charge in [0.2, 0.25) is 0 Å². The molecule has 2 aromatic heterocycles.